The van der Waals surface area contributed by atoms with Gasteiger partial charge < -0.3 is 4.90 Å². The summed E-state index contributed by atoms with van der Waals surface area (Å²) in [5.41, 5.74) is 3.60. The molecule has 0 saturated carbocycles. The molecule has 3 heterocycles. The highest BCUT2D eigenvalue weighted by atomic mass is 19.4. The molecule has 1 aliphatic heterocycles. The van der Waals surface area contributed by atoms with Crippen LogP contribution in [0.3, 0.4) is 0 Å². The minimum absolute atomic E-state index is 0.292. The second-order valence-corrected chi connectivity index (χ2v) is 8.07. The zero-order valence-corrected chi connectivity index (χ0v) is 18.1. The van der Waals surface area contributed by atoms with E-state index in [1.54, 1.807) is 38.2 Å². The van der Waals surface area contributed by atoms with Crippen molar-refractivity contribution in [2.45, 2.75) is 39.4 Å². The monoisotopic (exact) mass is 458 g/mol. The molecule has 2 N–H and O–H groups in total. The van der Waals surface area contributed by atoms with Crippen molar-refractivity contribution < 1.29 is 17.6 Å². The zero-order valence-electron chi connectivity index (χ0n) is 18.1. The maximum atomic E-state index is 14.0. The molecular weight excluding hydrogens is 436 g/mol. The molecule has 4 rings (SSSR count). The number of nitrogens with zero attached hydrogens (tertiary/aromatic N) is 4. The summed E-state index contributed by atoms with van der Waals surface area (Å²) >= 11 is 0. The second kappa shape index (κ2) is 8.42. The SMILES string of the molecule is Cc1c(N2CCc3ncc(Cc4ccccc4F)cc3C2)nn(C(=N)C(F)(F)F)c(=N)c1C. The van der Waals surface area contributed by atoms with Crippen LogP contribution >= 0.6 is 0 Å². The summed E-state index contributed by atoms with van der Waals surface area (Å²) in [5.74, 6) is -1.70. The van der Waals surface area contributed by atoms with Crippen LogP contribution in [0.1, 0.15) is 33.5 Å². The lowest BCUT2D eigenvalue weighted by Crippen LogP contribution is -2.42. The van der Waals surface area contributed by atoms with E-state index < -0.39 is 17.5 Å². The number of hydrogen-bond donors (Lipinski definition) is 2. The predicted molar refractivity (Wildman–Crippen MR) is 115 cm³/mol. The smallest absolute Gasteiger partial charge is 0.350 e. The molecule has 2 aromatic heterocycles. The molecule has 1 aliphatic rings. The summed E-state index contributed by atoms with van der Waals surface area (Å²) < 4.78 is 53.8. The van der Waals surface area contributed by atoms with Crippen LogP contribution in [0.15, 0.2) is 36.5 Å². The highest BCUT2D eigenvalue weighted by Crippen LogP contribution is 2.27. The van der Waals surface area contributed by atoms with Gasteiger partial charge in [0.2, 0.25) is 5.84 Å². The molecule has 172 valence electrons. The molecule has 0 aliphatic carbocycles. The van der Waals surface area contributed by atoms with E-state index in [0.717, 1.165) is 16.8 Å². The van der Waals surface area contributed by atoms with Crippen molar-refractivity contribution in [2.75, 3.05) is 11.4 Å². The number of alkyl halides is 3. The molecular formula is C23H22F4N6. The standard InChI is InChI=1S/C23H22F4N6/c1-13-14(2)21(31-33(20(13)28)22(29)23(25,26)27)32-8-7-19-17(12-32)10-15(11-30-19)9-16-5-3-4-6-18(16)24/h3-6,10-11,28-29H,7-9,12H2,1-2H3. The number of nitrogens with one attached hydrogen (secondary N) is 2. The molecule has 10 heteroatoms. The van der Waals surface area contributed by atoms with Crippen molar-refractivity contribution in [3.63, 3.8) is 0 Å². The Bertz CT molecular complexity index is 1300. The highest BCUT2D eigenvalue weighted by molar-refractivity contribution is 5.86. The number of benzene rings is 1. The lowest BCUT2D eigenvalue weighted by Gasteiger charge is -2.31. The summed E-state index contributed by atoms with van der Waals surface area (Å²) in [4.78, 5) is 6.35. The Balaban J connectivity index is 1.67. The summed E-state index contributed by atoms with van der Waals surface area (Å²) in [5, 5.41) is 19.5. The van der Waals surface area contributed by atoms with Crippen molar-refractivity contribution in [3.8, 4) is 0 Å². The van der Waals surface area contributed by atoms with Crippen molar-refractivity contribution in [3.05, 3.63) is 81.3 Å². The molecule has 1 aromatic carbocycles. The van der Waals surface area contributed by atoms with Gasteiger partial charge in [-0.15, -0.1) is 5.10 Å². The number of aromatic nitrogens is 3. The van der Waals surface area contributed by atoms with Gasteiger partial charge in [0.05, 0.1) is 0 Å². The average Bonchev–Trinajstić information content (AvgIpc) is 2.78. The topological polar surface area (TPSA) is 81.7 Å². The molecule has 0 bridgehead atoms. The van der Waals surface area contributed by atoms with Crippen LogP contribution in [0, 0.1) is 30.5 Å². The van der Waals surface area contributed by atoms with Gasteiger partial charge in [-0.1, -0.05) is 24.3 Å². The van der Waals surface area contributed by atoms with Crippen molar-refractivity contribution in [2.24, 2.45) is 0 Å². The van der Waals surface area contributed by atoms with Crippen LogP contribution in [-0.2, 0) is 19.4 Å². The van der Waals surface area contributed by atoms with E-state index in [9.17, 15) is 17.6 Å². The fraction of sp³-hybridized carbons (Fsp3) is 0.304. The molecule has 0 fully saturated rings. The number of halogens is 4. The third kappa shape index (κ3) is 4.37. The Morgan fingerprint density at radius 1 is 1.15 bits per heavy atom. The summed E-state index contributed by atoms with van der Waals surface area (Å²) in [6.45, 7) is 4.10. The van der Waals surface area contributed by atoms with Crippen molar-refractivity contribution in [1.29, 1.82) is 10.8 Å². The Labute approximate surface area is 187 Å². The minimum atomic E-state index is -4.92. The van der Waals surface area contributed by atoms with Crippen LogP contribution < -0.4 is 10.4 Å². The number of fused-ring (bicyclic) bond motifs is 1. The maximum absolute atomic E-state index is 14.0. The molecule has 0 spiro atoms. The molecule has 0 amide bonds. The van der Waals surface area contributed by atoms with Crippen LogP contribution in [0.2, 0.25) is 0 Å². The van der Waals surface area contributed by atoms with Crippen LogP contribution in [0.5, 0.6) is 0 Å². The first kappa shape index (κ1) is 22.6. The van der Waals surface area contributed by atoms with E-state index in [1.165, 1.54) is 6.07 Å². The summed E-state index contributed by atoms with van der Waals surface area (Å²) in [6.07, 6.45) is -2.26. The Kier molecular flexibility index (Phi) is 5.77. The Morgan fingerprint density at radius 3 is 2.58 bits per heavy atom. The second-order valence-electron chi connectivity index (χ2n) is 8.07. The third-order valence-electron chi connectivity index (χ3n) is 5.89. The maximum Gasteiger partial charge on any atom is 0.451 e. The predicted octanol–water partition coefficient (Wildman–Crippen LogP) is 4.05. The highest BCUT2D eigenvalue weighted by Gasteiger charge is 2.38. The fourth-order valence-corrected chi connectivity index (χ4v) is 3.92. The first-order chi connectivity index (χ1) is 15.6. The van der Waals surface area contributed by atoms with Gasteiger partial charge in [-0.05, 0) is 42.2 Å². The third-order valence-corrected chi connectivity index (χ3v) is 5.89. The van der Waals surface area contributed by atoms with Gasteiger partial charge >= 0.3 is 6.18 Å². The number of pyridine rings is 1. The first-order valence-electron chi connectivity index (χ1n) is 10.3. The zero-order chi connectivity index (χ0) is 23.9. The quantitative estimate of drug-likeness (QED) is 0.353. The number of hydrogen-bond acceptors (Lipinski definition) is 5. The van der Waals surface area contributed by atoms with Gasteiger partial charge in [-0.25, -0.2) is 4.39 Å². The summed E-state index contributed by atoms with van der Waals surface area (Å²) in [6, 6.07) is 8.46. The molecule has 0 atom stereocenters. The summed E-state index contributed by atoms with van der Waals surface area (Å²) in [7, 11) is 0. The molecule has 0 radical (unpaired) electrons. The van der Waals surface area contributed by atoms with Crippen molar-refractivity contribution in [1.82, 2.24) is 14.8 Å². The lowest BCUT2D eigenvalue weighted by atomic mass is 9.99. The van der Waals surface area contributed by atoms with Crippen LogP contribution in [0.4, 0.5) is 23.4 Å². The molecule has 33 heavy (non-hydrogen) atoms. The van der Waals surface area contributed by atoms with Gasteiger partial charge in [0.25, 0.3) is 0 Å². The van der Waals surface area contributed by atoms with Gasteiger partial charge in [0.1, 0.15) is 5.82 Å². The first-order valence-corrected chi connectivity index (χ1v) is 10.3. The van der Waals surface area contributed by atoms with Crippen molar-refractivity contribution >= 4 is 11.7 Å². The van der Waals surface area contributed by atoms with Gasteiger partial charge in [0, 0.05) is 43.4 Å². The van der Waals surface area contributed by atoms with Crippen LogP contribution in [0.25, 0.3) is 0 Å². The van der Waals surface area contributed by atoms with Gasteiger partial charge in [-0.2, -0.15) is 17.9 Å². The van der Waals surface area contributed by atoms with E-state index in [-0.39, 0.29) is 5.82 Å². The Hall–Kier alpha value is -3.56. The van der Waals surface area contributed by atoms with Crippen LogP contribution in [-0.4, -0.2) is 33.3 Å². The molecule has 0 saturated heterocycles. The largest absolute Gasteiger partial charge is 0.451 e. The Morgan fingerprint density at radius 2 is 1.88 bits per heavy atom. The number of rotatable bonds is 3. The van der Waals surface area contributed by atoms with Gasteiger partial charge in [0.15, 0.2) is 11.3 Å². The fourth-order valence-electron chi connectivity index (χ4n) is 3.92. The van der Waals surface area contributed by atoms with E-state index in [1.807, 2.05) is 11.0 Å². The average molecular weight is 458 g/mol. The molecule has 3 aromatic rings. The lowest BCUT2D eigenvalue weighted by molar-refractivity contribution is -0.0632. The van der Waals surface area contributed by atoms with E-state index >= 15 is 0 Å². The van der Waals surface area contributed by atoms with E-state index in [4.69, 9.17) is 10.8 Å². The van der Waals surface area contributed by atoms with Gasteiger partial charge in [-0.3, -0.25) is 15.8 Å². The molecule has 0 unspecified atom stereocenters. The van der Waals surface area contributed by atoms with E-state index in [2.05, 4.69) is 10.1 Å². The molecule has 6 nitrogen and oxygen atoms in total. The van der Waals surface area contributed by atoms with E-state index in [0.29, 0.717) is 53.1 Å². The number of anilines is 1. The normalized spacial score (nSPS) is 13.7. The minimum Gasteiger partial charge on any atom is -0.350 e.